The zero-order valence-electron chi connectivity index (χ0n) is 18.7. The molecule has 8 heteroatoms. The highest BCUT2D eigenvalue weighted by molar-refractivity contribution is 5.59. The van der Waals surface area contributed by atoms with Gasteiger partial charge in [0.25, 0.3) is 0 Å². The summed E-state index contributed by atoms with van der Waals surface area (Å²) in [5.74, 6) is 1.99. The molecule has 1 aromatic heterocycles. The molecule has 0 radical (unpaired) electrons. The highest BCUT2D eigenvalue weighted by Crippen LogP contribution is 2.31. The van der Waals surface area contributed by atoms with Crippen molar-refractivity contribution in [2.45, 2.75) is 13.8 Å². The third-order valence-electron chi connectivity index (χ3n) is 4.62. The van der Waals surface area contributed by atoms with Gasteiger partial charge in [0, 0.05) is 31.5 Å². The predicted octanol–water partition coefficient (Wildman–Crippen LogP) is 5.10. The maximum atomic E-state index is 8.99. The molecule has 0 bridgehead atoms. The number of methoxy groups -OCH3 is 1. The molecule has 33 heavy (non-hydrogen) atoms. The maximum Gasteiger partial charge on any atom is 0.232 e. The van der Waals surface area contributed by atoms with Crippen LogP contribution in [0.5, 0.6) is 11.6 Å². The first-order chi connectivity index (χ1) is 16.0. The van der Waals surface area contributed by atoms with Crippen molar-refractivity contribution in [2.75, 3.05) is 30.9 Å². The van der Waals surface area contributed by atoms with Crippen LogP contribution < -0.4 is 15.4 Å². The van der Waals surface area contributed by atoms with Crippen LogP contribution in [0.15, 0.2) is 48.5 Å². The van der Waals surface area contributed by atoms with Crippen molar-refractivity contribution in [2.24, 2.45) is 0 Å². The quantitative estimate of drug-likeness (QED) is 0.349. The summed E-state index contributed by atoms with van der Waals surface area (Å²) in [6.07, 6.45) is 3.20. The van der Waals surface area contributed by atoms with Crippen molar-refractivity contribution in [1.29, 1.82) is 10.5 Å². The summed E-state index contributed by atoms with van der Waals surface area (Å²) in [5.41, 5.74) is 4.07. The minimum atomic E-state index is 0.348. The standard InChI is InChI=1S/C25H24N6O2/c1-17-13-20(5-4-10-26)14-18(2)24(17)33-23-15-22(28-11-12-32-3)30-25(31-23)29-21-8-6-19(16-27)7-9-21/h4-9,13-15H,11-12H2,1-3H3,(H2,28,29,30,31)/b5-4+. The van der Waals surface area contributed by atoms with Crippen molar-refractivity contribution >= 4 is 23.5 Å². The largest absolute Gasteiger partial charge is 0.438 e. The van der Waals surface area contributed by atoms with Crippen molar-refractivity contribution in [3.63, 3.8) is 0 Å². The van der Waals surface area contributed by atoms with Crippen molar-refractivity contribution in [1.82, 2.24) is 9.97 Å². The van der Waals surface area contributed by atoms with E-state index in [4.69, 9.17) is 20.0 Å². The Morgan fingerprint density at radius 1 is 1.03 bits per heavy atom. The number of hydrogen-bond acceptors (Lipinski definition) is 8. The molecule has 0 aliphatic heterocycles. The average molecular weight is 441 g/mol. The fourth-order valence-corrected chi connectivity index (χ4v) is 3.14. The van der Waals surface area contributed by atoms with Gasteiger partial charge in [-0.05, 0) is 73.0 Å². The zero-order chi connectivity index (χ0) is 23.6. The molecule has 0 aliphatic carbocycles. The summed E-state index contributed by atoms with van der Waals surface area (Å²) in [6, 6.07) is 16.7. The lowest BCUT2D eigenvalue weighted by molar-refractivity contribution is 0.210. The van der Waals surface area contributed by atoms with Gasteiger partial charge in [0.15, 0.2) is 0 Å². The normalized spacial score (nSPS) is 10.5. The van der Waals surface area contributed by atoms with Gasteiger partial charge in [-0.25, -0.2) is 0 Å². The third kappa shape index (κ3) is 6.54. The van der Waals surface area contributed by atoms with E-state index < -0.39 is 0 Å². The number of hydrogen-bond donors (Lipinski definition) is 2. The Bertz CT molecular complexity index is 1200. The molecule has 0 saturated carbocycles. The number of aryl methyl sites for hydroxylation is 2. The number of nitrogens with one attached hydrogen (secondary N) is 2. The first kappa shape index (κ1) is 23.3. The lowest BCUT2D eigenvalue weighted by Crippen LogP contribution is -2.10. The number of ether oxygens (including phenoxy) is 2. The Morgan fingerprint density at radius 3 is 2.39 bits per heavy atom. The van der Waals surface area contributed by atoms with Crippen LogP contribution in [0.4, 0.5) is 17.5 Å². The molecule has 166 valence electrons. The number of nitrogens with zero attached hydrogens (tertiary/aromatic N) is 4. The Hall–Kier alpha value is -4.40. The van der Waals surface area contributed by atoms with Gasteiger partial charge in [-0.2, -0.15) is 20.5 Å². The van der Waals surface area contributed by atoms with Crippen molar-refractivity contribution < 1.29 is 9.47 Å². The molecule has 0 spiro atoms. The van der Waals surface area contributed by atoms with E-state index in [2.05, 4.69) is 26.7 Å². The van der Waals surface area contributed by atoms with Crippen LogP contribution in [0, 0.1) is 36.5 Å². The highest BCUT2D eigenvalue weighted by atomic mass is 16.5. The smallest absolute Gasteiger partial charge is 0.232 e. The van der Waals surface area contributed by atoms with E-state index in [1.165, 1.54) is 6.08 Å². The second kappa shape index (κ2) is 11.3. The molecule has 2 N–H and O–H groups in total. The lowest BCUT2D eigenvalue weighted by atomic mass is 10.1. The molecule has 8 nitrogen and oxygen atoms in total. The molecule has 2 aromatic carbocycles. The van der Waals surface area contributed by atoms with Crippen LogP contribution in [-0.4, -0.2) is 30.2 Å². The van der Waals surface area contributed by atoms with Crippen molar-refractivity contribution in [3.8, 4) is 23.8 Å². The summed E-state index contributed by atoms with van der Waals surface area (Å²) < 4.78 is 11.3. The molecule has 0 atom stereocenters. The summed E-state index contributed by atoms with van der Waals surface area (Å²) >= 11 is 0. The Kier molecular flexibility index (Phi) is 7.96. The monoisotopic (exact) mass is 440 g/mol. The van der Waals surface area contributed by atoms with Gasteiger partial charge in [-0.15, -0.1) is 0 Å². The zero-order valence-corrected chi connectivity index (χ0v) is 18.7. The number of benzene rings is 2. The molecule has 0 saturated heterocycles. The van der Waals surface area contributed by atoms with Crippen LogP contribution in [0.3, 0.4) is 0 Å². The second-order valence-electron chi connectivity index (χ2n) is 7.20. The first-order valence-electron chi connectivity index (χ1n) is 10.3. The fourth-order valence-electron chi connectivity index (χ4n) is 3.14. The van der Waals surface area contributed by atoms with E-state index in [-0.39, 0.29) is 0 Å². The maximum absolute atomic E-state index is 8.99. The predicted molar refractivity (Wildman–Crippen MR) is 127 cm³/mol. The summed E-state index contributed by atoms with van der Waals surface area (Å²) in [4.78, 5) is 9.02. The van der Waals surface area contributed by atoms with Gasteiger partial charge in [0.05, 0.1) is 24.3 Å². The van der Waals surface area contributed by atoms with E-state index in [0.717, 1.165) is 22.4 Å². The second-order valence-corrected chi connectivity index (χ2v) is 7.20. The van der Waals surface area contributed by atoms with Gasteiger partial charge in [0.2, 0.25) is 11.8 Å². The number of aromatic nitrogens is 2. The molecule has 0 aliphatic rings. The Balaban J connectivity index is 1.90. The number of rotatable bonds is 9. The third-order valence-corrected chi connectivity index (χ3v) is 4.62. The average Bonchev–Trinajstić information content (AvgIpc) is 2.81. The van der Waals surface area contributed by atoms with E-state index in [0.29, 0.717) is 42.1 Å². The van der Waals surface area contributed by atoms with Crippen molar-refractivity contribution in [3.05, 3.63) is 70.8 Å². The van der Waals surface area contributed by atoms with E-state index in [1.54, 1.807) is 43.5 Å². The molecule has 0 unspecified atom stereocenters. The lowest BCUT2D eigenvalue weighted by Gasteiger charge is -2.15. The SMILES string of the molecule is COCCNc1cc(Oc2c(C)cc(/C=C/C#N)cc2C)nc(Nc2ccc(C#N)cc2)n1. The molecule has 1 heterocycles. The molecular formula is C25H24N6O2. The minimum Gasteiger partial charge on any atom is -0.438 e. The Morgan fingerprint density at radius 2 is 1.76 bits per heavy atom. The number of nitriles is 2. The van der Waals surface area contributed by atoms with E-state index >= 15 is 0 Å². The van der Waals surface area contributed by atoms with Crippen LogP contribution in [0.1, 0.15) is 22.3 Å². The van der Waals surface area contributed by atoms with Gasteiger partial charge in [0.1, 0.15) is 11.6 Å². The molecule has 3 aromatic rings. The molecular weight excluding hydrogens is 416 g/mol. The van der Waals surface area contributed by atoms with Gasteiger partial charge in [-0.1, -0.05) is 0 Å². The van der Waals surface area contributed by atoms with Crippen LogP contribution in [0.2, 0.25) is 0 Å². The molecule has 0 amide bonds. The fraction of sp³-hybridized carbons (Fsp3) is 0.200. The highest BCUT2D eigenvalue weighted by Gasteiger charge is 2.12. The topological polar surface area (TPSA) is 116 Å². The summed E-state index contributed by atoms with van der Waals surface area (Å²) in [5, 5.41) is 24.1. The summed E-state index contributed by atoms with van der Waals surface area (Å²) in [6.45, 7) is 4.98. The van der Waals surface area contributed by atoms with Crippen LogP contribution in [0.25, 0.3) is 6.08 Å². The van der Waals surface area contributed by atoms with Gasteiger partial charge in [-0.3, -0.25) is 0 Å². The van der Waals surface area contributed by atoms with Gasteiger partial charge < -0.3 is 20.1 Å². The summed E-state index contributed by atoms with van der Waals surface area (Å²) in [7, 11) is 1.63. The minimum absolute atomic E-state index is 0.348. The van der Waals surface area contributed by atoms with Crippen LogP contribution in [-0.2, 0) is 4.74 Å². The number of anilines is 3. The van der Waals surface area contributed by atoms with E-state index in [1.807, 2.05) is 32.0 Å². The molecule has 0 fully saturated rings. The molecule has 3 rings (SSSR count). The van der Waals surface area contributed by atoms with E-state index in [9.17, 15) is 0 Å². The first-order valence-corrected chi connectivity index (χ1v) is 10.3. The number of allylic oxidation sites excluding steroid dienone is 1. The van der Waals surface area contributed by atoms with Crippen LogP contribution >= 0.6 is 0 Å². The Labute approximate surface area is 193 Å². The van der Waals surface area contributed by atoms with Gasteiger partial charge >= 0.3 is 0 Å².